The summed E-state index contributed by atoms with van der Waals surface area (Å²) < 4.78 is 0. The van der Waals surface area contributed by atoms with Crippen LogP contribution in [0.4, 0.5) is 0 Å². The van der Waals surface area contributed by atoms with Gasteiger partial charge in [-0.2, -0.15) is 0 Å². The number of hydrogen-bond acceptors (Lipinski definition) is 2. The molecule has 0 atom stereocenters. The lowest BCUT2D eigenvalue weighted by molar-refractivity contribution is 0.0696. The second-order valence-electron chi connectivity index (χ2n) is 2.71. The predicted octanol–water partition coefficient (Wildman–Crippen LogP) is 2.71. The van der Waals surface area contributed by atoms with E-state index in [1.165, 1.54) is 6.07 Å². The Hall–Kier alpha value is -2.26. The molecule has 5 nitrogen and oxygen atoms in total. The molecule has 15 heavy (non-hydrogen) atoms. The van der Waals surface area contributed by atoms with Crippen LogP contribution in [0, 0.1) is 0 Å². The lowest BCUT2D eigenvalue weighted by atomic mass is 10.1. The van der Waals surface area contributed by atoms with E-state index in [1.807, 2.05) is 0 Å². The summed E-state index contributed by atoms with van der Waals surface area (Å²) >= 11 is 0. The van der Waals surface area contributed by atoms with E-state index < -0.39 is 5.97 Å². The van der Waals surface area contributed by atoms with Gasteiger partial charge in [0.2, 0.25) is 0 Å². The van der Waals surface area contributed by atoms with Gasteiger partial charge in [0.25, 0.3) is 0 Å². The van der Waals surface area contributed by atoms with E-state index in [1.54, 1.807) is 30.4 Å². The monoisotopic (exact) mass is 203 g/mol. The van der Waals surface area contributed by atoms with Crippen molar-refractivity contribution in [2.24, 2.45) is 5.11 Å². The van der Waals surface area contributed by atoms with Crippen molar-refractivity contribution in [3.63, 3.8) is 0 Å². The highest BCUT2D eigenvalue weighted by Gasteiger charge is 2.05. The fourth-order valence-electron chi connectivity index (χ4n) is 1.10. The quantitative estimate of drug-likeness (QED) is 0.463. The minimum Gasteiger partial charge on any atom is -0.478 e. The van der Waals surface area contributed by atoms with Gasteiger partial charge in [-0.15, -0.1) is 0 Å². The molecule has 0 radical (unpaired) electrons. The molecule has 76 valence electrons. The van der Waals surface area contributed by atoms with E-state index in [0.717, 1.165) is 0 Å². The first-order valence-corrected chi connectivity index (χ1v) is 4.25. The molecule has 1 N–H and O–H groups in total. The van der Waals surface area contributed by atoms with Crippen LogP contribution in [0.1, 0.15) is 15.9 Å². The Balaban J connectivity index is 2.88. The Kier molecular flexibility index (Phi) is 3.94. The maximum Gasteiger partial charge on any atom is 0.336 e. The van der Waals surface area contributed by atoms with E-state index in [-0.39, 0.29) is 12.1 Å². The first-order chi connectivity index (χ1) is 7.25. The van der Waals surface area contributed by atoms with Crippen molar-refractivity contribution in [3.8, 4) is 0 Å². The van der Waals surface area contributed by atoms with Crippen LogP contribution in [-0.2, 0) is 0 Å². The van der Waals surface area contributed by atoms with Gasteiger partial charge in [-0.05, 0) is 17.2 Å². The number of carboxylic acid groups (broad SMARTS) is 1. The van der Waals surface area contributed by atoms with Gasteiger partial charge in [-0.1, -0.05) is 35.5 Å². The van der Waals surface area contributed by atoms with Crippen molar-refractivity contribution in [1.29, 1.82) is 0 Å². The Bertz CT molecular complexity index is 434. The molecule has 0 bridgehead atoms. The molecular weight excluding hydrogens is 194 g/mol. The topological polar surface area (TPSA) is 86.1 Å². The summed E-state index contributed by atoms with van der Waals surface area (Å²) in [7, 11) is 0. The fourth-order valence-corrected chi connectivity index (χ4v) is 1.10. The zero-order valence-electron chi connectivity index (χ0n) is 7.87. The SMILES string of the molecule is [N-]=[N+]=NCC=Cc1ccccc1C(=O)O. The van der Waals surface area contributed by atoms with Crippen molar-refractivity contribution >= 4 is 12.0 Å². The molecule has 0 spiro atoms. The average molecular weight is 203 g/mol. The van der Waals surface area contributed by atoms with Crippen LogP contribution in [0.5, 0.6) is 0 Å². The van der Waals surface area contributed by atoms with Crippen LogP contribution in [0.3, 0.4) is 0 Å². The molecule has 0 saturated carbocycles. The number of azide groups is 1. The minimum atomic E-state index is -0.973. The summed E-state index contributed by atoms with van der Waals surface area (Å²) in [6, 6.07) is 6.62. The maximum absolute atomic E-state index is 10.8. The van der Waals surface area contributed by atoms with Crippen LogP contribution < -0.4 is 0 Å². The smallest absolute Gasteiger partial charge is 0.336 e. The Morgan fingerprint density at radius 2 is 2.27 bits per heavy atom. The van der Waals surface area contributed by atoms with Crippen molar-refractivity contribution in [1.82, 2.24) is 0 Å². The van der Waals surface area contributed by atoms with Crippen LogP contribution in [0.15, 0.2) is 35.5 Å². The number of rotatable bonds is 4. The summed E-state index contributed by atoms with van der Waals surface area (Å²) in [5.41, 5.74) is 8.86. The van der Waals surface area contributed by atoms with Crippen LogP contribution in [-0.4, -0.2) is 17.6 Å². The number of hydrogen-bond donors (Lipinski definition) is 1. The highest BCUT2D eigenvalue weighted by molar-refractivity contribution is 5.92. The third-order valence-corrected chi connectivity index (χ3v) is 1.74. The van der Waals surface area contributed by atoms with Crippen LogP contribution in [0.2, 0.25) is 0 Å². The molecule has 0 amide bonds. The largest absolute Gasteiger partial charge is 0.478 e. The van der Waals surface area contributed by atoms with Crippen LogP contribution >= 0.6 is 0 Å². The molecular formula is C10H9N3O2. The highest BCUT2D eigenvalue weighted by atomic mass is 16.4. The maximum atomic E-state index is 10.8. The normalized spacial score (nSPS) is 9.87. The fraction of sp³-hybridized carbons (Fsp3) is 0.100. The molecule has 1 rings (SSSR count). The lowest BCUT2D eigenvalue weighted by Gasteiger charge is -1.98. The number of carbonyl (C=O) groups is 1. The van der Waals surface area contributed by atoms with Gasteiger partial charge < -0.3 is 5.11 Å². The molecule has 0 aliphatic carbocycles. The van der Waals surface area contributed by atoms with Gasteiger partial charge in [0.1, 0.15) is 0 Å². The van der Waals surface area contributed by atoms with E-state index in [9.17, 15) is 4.79 Å². The first-order valence-electron chi connectivity index (χ1n) is 4.25. The number of aromatic carboxylic acids is 1. The average Bonchev–Trinajstić information content (AvgIpc) is 2.25. The van der Waals surface area contributed by atoms with Crippen molar-refractivity contribution in [2.75, 3.05) is 6.54 Å². The van der Waals surface area contributed by atoms with Crippen molar-refractivity contribution < 1.29 is 9.90 Å². The molecule has 0 aliphatic rings. The molecule has 1 aromatic carbocycles. The molecule has 0 unspecified atom stereocenters. The molecule has 0 aliphatic heterocycles. The van der Waals surface area contributed by atoms with E-state index >= 15 is 0 Å². The van der Waals surface area contributed by atoms with E-state index in [0.29, 0.717) is 5.56 Å². The van der Waals surface area contributed by atoms with Crippen LogP contribution in [0.25, 0.3) is 16.5 Å². The summed E-state index contributed by atoms with van der Waals surface area (Å²) in [5.74, 6) is -0.973. The number of benzene rings is 1. The third kappa shape index (κ3) is 3.17. The lowest BCUT2D eigenvalue weighted by Crippen LogP contribution is -1.98. The second kappa shape index (κ2) is 5.47. The summed E-state index contributed by atoms with van der Waals surface area (Å²) in [4.78, 5) is 13.4. The molecule has 1 aromatic rings. The zero-order chi connectivity index (χ0) is 11.1. The third-order valence-electron chi connectivity index (χ3n) is 1.74. The minimum absolute atomic E-state index is 0.213. The number of carboxylic acids is 1. The van der Waals surface area contributed by atoms with Gasteiger partial charge in [-0.3, -0.25) is 0 Å². The Labute approximate surface area is 86.3 Å². The number of nitrogens with zero attached hydrogens (tertiary/aromatic N) is 3. The van der Waals surface area contributed by atoms with Gasteiger partial charge in [0.05, 0.1) is 5.56 Å². The molecule has 0 fully saturated rings. The predicted molar refractivity (Wildman–Crippen MR) is 56.4 cm³/mol. The van der Waals surface area contributed by atoms with E-state index in [2.05, 4.69) is 10.0 Å². The van der Waals surface area contributed by atoms with Gasteiger partial charge in [-0.25, -0.2) is 4.79 Å². The summed E-state index contributed by atoms with van der Waals surface area (Å²) in [6.45, 7) is 0.213. The molecule has 5 heteroatoms. The molecule has 0 heterocycles. The van der Waals surface area contributed by atoms with E-state index in [4.69, 9.17) is 10.6 Å². The summed E-state index contributed by atoms with van der Waals surface area (Å²) in [6.07, 6.45) is 3.24. The summed E-state index contributed by atoms with van der Waals surface area (Å²) in [5, 5.41) is 12.2. The Morgan fingerprint density at radius 3 is 2.93 bits per heavy atom. The molecule has 0 aromatic heterocycles. The molecule has 0 saturated heterocycles. The first kappa shape index (κ1) is 10.8. The second-order valence-corrected chi connectivity index (χ2v) is 2.71. The standard InChI is InChI=1S/C10H9N3O2/c11-13-12-7-3-5-8-4-1-2-6-9(8)10(14)15/h1-6H,7H2,(H,14,15). The van der Waals surface area contributed by atoms with Gasteiger partial charge in [0, 0.05) is 11.5 Å². The van der Waals surface area contributed by atoms with Gasteiger partial charge >= 0.3 is 5.97 Å². The van der Waals surface area contributed by atoms with Crippen molar-refractivity contribution in [2.45, 2.75) is 0 Å². The zero-order valence-corrected chi connectivity index (χ0v) is 7.87. The van der Waals surface area contributed by atoms with Crippen molar-refractivity contribution in [3.05, 3.63) is 51.9 Å². The Morgan fingerprint density at radius 1 is 1.53 bits per heavy atom. The highest BCUT2D eigenvalue weighted by Crippen LogP contribution is 2.10. The van der Waals surface area contributed by atoms with Gasteiger partial charge in [0.15, 0.2) is 0 Å².